The van der Waals surface area contributed by atoms with E-state index in [2.05, 4.69) is 13.8 Å². The summed E-state index contributed by atoms with van der Waals surface area (Å²) >= 11 is 3.53. The predicted molar refractivity (Wildman–Crippen MR) is 260 cm³/mol. The van der Waals surface area contributed by atoms with Crippen LogP contribution in [0.4, 0.5) is 0 Å². The van der Waals surface area contributed by atoms with Crippen molar-refractivity contribution in [2.24, 2.45) is 0 Å². The Bertz CT molecular complexity index is 1430. The monoisotopic (exact) mass is 908 g/mol. The molecule has 0 aromatic heterocycles. The molecular weight excluding hydrogens is 822 g/mol. The van der Waals surface area contributed by atoms with Gasteiger partial charge in [0.25, 0.3) is 0 Å². The maximum atomic E-state index is 12.4. The van der Waals surface area contributed by atoms with Gasteiger partial charge in [-0.2, -0.15) is 0 Å². The van der Waals surface area contributed by atoms with E-state index in [-0.39, 0.29) is 22.9 Å². The number of nitrogens with zero attached hydrogens (tertiary/aromatic N) is 1. The zero-order valence-electron chi connectivity index (χ0n) is 39.1. The summed E-state index contributed by atoms with van der Waals surface area (Å²) in [5, 5.41) is 11.6. The number of phosphoric acid groups is 1. The quantitative estimate of drug-likeness (QED) is 0.0404. The van der Waals surface area contributed by atoms with Crippen LogP contribution >= 0.6 is 31.3 Å². The van der Waals surface area contributed by atoms with Crippen LogP contribution in [-0.2, 0) is 9.09 Å². The molecule has 1 saturated heterocycles. The van der Waals surface area contributed by atoms with Gasteiger partial charge in [0.15, 0.2) is 11.5 Å². The van der Waals surface area contributed by atoms with E-state index in [0.29, 0.717) is 24.2 Å². The Morgan fingerprint density at radius 2 is 1.08 bits per heavy atom. The van der Waals surface area contributed by atoms with E-state index in [0.717, 1.165) is 47.0 Å². The van der Waals surface area contributed by atoms with E-state index >= 15 is 0 Å². The molecule has 0 aliphatic carbocycles. The van der Waals surface area contributed by atoms with Crippen molar-refractivity contribution in [2.75, 3.05) is 59.0 Å². The second-order valence-electron chi connectivity index (χ2n) is 18.3. The molecule has 1 fully saturated rings. The van der Waals surface area contributed by atoms with Crippen LogP contribution in [0.2, 0.25) is 0 Å². The molecule has 1 N–H and O–H groups in total. The summed E-state index contributed by atoms with van der Waals surface area (Å²) in [6, 6.07) is 13.3. The first kappa shape index (κ1) is 53.9. The van der Waals surface area contributed by atoms with Gasteiger partial charge in [-0.1, -0.05) is 173 Å². The van der Waals surface area contributed by atoms with Gasteiger partial charge in [-0.15, -0.1) is 23.5 Å². The Labute approximate surface area is 381 Å². The lowest BCUT2D eigenvalue weighted by Gasteiger charge is -2.31. The van der Waals surface area contributed by atoms with E-state index in [4.69, 9.17) is 18.5 Å². The van der Waals surface area contributed by atoms with Crippen LogP contribution in [0.15, 0.2) is 42.5 Å². The SMILES string of the molecule is CCCCCCCCCCCCCCOc1ccc(C(O)C2SCC(c3ccc(OP(=O)([O-])OCC[N+](C)(C)C)cc3)CS2)cc1OCCCCCCCCCCCCCC. The summed E-state index contributed by atoms with van der Waals surface area (Å²) in [7, 11) is 1.48. The number of aliphatic hydroxyl groups is 1. The highest BCUT2D eigenvalue weighted by atomic mass is 32.2. The number of hydrogen-bond acceptors (Lipinski definition) is 9. The van der Waals surface area contributed by atoms with Gasteiger partial charge in [0.2, 0.25) is 0 Å². The summed E-state index contributed by atoms with van der Waals surface area (Å²) in [6.45, 7) is 6.51. The maximum absolute atomic E-state index is 12.4. The van der Waals surface area contributed by atoms with Crippen molar-refractivity contribution in [3.8, 4) is 17.2 Å². The summed E-state index contributed by atoms with van der Waals surface area (Å²) in [5.41, 5.74) is 1.98. The van der Waals surface area contributed by atoms with Crippen LogP contribution in [0.5, 0.6) is 17.2 Å². The molecule has 8 nitrogen and oxygen atoms in total. The topological polar surface area (TPSA) is 97.3 Å². The molecule has 2 aromatic rings. The van der Waals surface area contributed by atoms with Crippen molar-refractivity contribution >= 4 is 31.3 Å². The number of rotatable bonds is 37. The molecule has 1 heterocycles. The average Bonchev–Trinajstić information content (AvgIpc) is 3.24. The van der Waals surface area contributed by atoms with E-state index in [1.807, 2.05) is 51.5 Å². The molecule has 350 valence electrons. The van der Waals surface area contributed by atoms with Gasteiger partial charge in [0.05, 0.1) is 38.9 Å². The smallest absolute Gasteiger partial charge is 0.319 e. The third-order valence-electron chi connectivity index (χ3n) is 11.6. The van der Waals surface area contributed by atoms with Gasteiger partial charge in [-0.3, -0.25) is 4.57 Å². The van der Waals surface area contributed by atoms with Crippen LogP contribution < -0.4 is 18.9 Å². The molecule has 1 aliphatic heterocycles. The van der Waals surface area contributed by atoms with Crippen LogP contribution in [0, 0.1) is 0 Å². The molecule has 0 spiro atoms. The van der Waals surface area contributed by atoms with Crippen molar-refractivity contribution in [1.82, 2.24) is 0 Å². The first-order valence-electron chi connectivity index (χ1n) is 24.4. The summed E-state index contributed by atoms with van der Waals surface area (Å²) in [4.78, 5) is 12.4. The predicted octanol–water partition coefficient (Wildman–Crippen LogP) is 14.0. The summed E-state index contributed by atoms with van der Waals surface area (Å²) < 4.78 is 36.0. The number of hydrogen-bond donors (Lipinski definition) is 1. The van der Waals surface area contributed by atoms with E-state index in [9.17, 15) is 14.6 Å². The maximum Gasteiger partial charge on any atom is 0.319 e. The second-order valence-corrected chi connectivity index (χ2v) is 22.3. The Morgan fingerprint density at radius 3 is 1.54 bits per heavy atom. The molecule has 61 heavy (non-hydrogen) atoms. The third kappa shape index (κ3) is 25.0. The lowest BCUT2D eigenvalue weighted by molar-refractivity contribution is -0.870. The highest BCUT2D eigenvalue weighted by Gasteiger charge is 2.30. The normalized spacial score (nSPS) is 17.2. The second kappa shape index (κ2) is 32.3. The van der Waals surface area contributed by atoms with Gasteiger partial charge in [-0.25, -0.2) is 0 Å². The molecule has 3 rings (SSSR count). The molecule has 0 bridgehead atoms. The van der Waals surface area contributed by atoms with E-state index in [1.54, 1.807) is 35.7 Å². The number of benzene rings is 2. The molecule has 0 radical (unpaired) electrons. The first-order chi connectivity index (χ1) is 29.5. The minimum atomic E-state index is -4.45. The Morgan fingerprint density at radius 1 is 0.639 bits per heavy atom. The molecule has 0 amide bonds. The Hall–Kier alpha value is -1.39. The van der Waals surface area contributed by atoms with Crippen LogP contribution in [0.1, 0.15) is 191 Å². The summed E-state index contributed by atoms with van der Waals surface area (Å²) in [6.07, 6.45) is 30.8. The van der Waals surface area contributed by atoms with E-state index in [1.165, 1.54) is 141 Å². The van der Waals surface area contributed by atoms with Gasteiger partial charge >= 0.3 is 7.82 Å². The minimum absolute atomic E-state index is 0.00825. The van der Waals surface area contributed by atoms with Crippen molar-refractivity contribution in [2.45, 2.75) is 185 Å². The van der Waals surface area contributed by atoms with E-state index < -0.39 is 13.9 Å². The van der Waals surface area contributed by atoms with Gasteiger partial charge in [0, 0.05) is 17.4 Å². The lowest BCUT2D eigenvalue weighted by Crippen LogP contribution is -2.37. The highest BCUT2D eigenvalue weighted by Crippen LogP contribution is 2.46. The van der Waals surface area contributed by atoms with Crippen molar-refractivity contribution < 1.29 is 37.6 Å². The Kier molecular flexibility index (Phi) is 28.6. The molecule has 11 heteroatoms. The van der Waals surface area contributed by atoms with Gasteiger partial charge in [-0.05, 0) is 48.2 Å². The number of likely N-dealkylation sites (N-methyl/N-ethyl adjacent to an activating group) is 1. The molecule has 2 aromatic carbocycles. The largest absolute Gasteiger partial charge is 0.746 e. The standard InChI is InChI=1S/C50H86NO7PS2/c1-6-8-10-12-14-16-18-20-22-24-26-28-37-55-47-35-32-44(40-48(47)56-38-29-27-25-23-21-19-17-15-13-11-9-7-2)49(52)50-60-41-45(42-61-50)43-30-33-46(34-31-43)58-59(53,54)57-39-36-51(3,4)5/h30-35,40,45,49-50,52H,6-29,36-39,41-42H2,1-5H3. The van der Waals surface area contributed by atoms with Gasteiger partial charge in [0.1, 0.15) is 25.0 Å². The van der Waals surface area contributed by atoms with Crippen molar-refractivity contribution in [3.63, 3.8) is 0 Å². The fraction of sp³-hybridized carbons (Fsp3) is 0.760. The molecule has 0 saturated carbocycles. The number of thioether (sulfide) groups is 2. The van der Waals surface area contributed by atoms with Gasteiger partial charge < -0.3 is 33.0 Å². The van der Waals surface area contributed by atoms with Crippen molar-refractivity contribution in [3.05, 3.63) is 53.6 Å². The highest BCUT2D eigenvalue weighted by molar-refractivity contribution is 8.17. The molecule has 2 atom stereocenters. The zero-order valence-corrected chi connectivity index (χ0v) is 41.6. The number of aliphatic hydroxyl groups excluding tert-OH is 1. The average molecular weight is 908 g/mol. The number of ether oxygens (including phenoxy) is 2. The summed E-state index contributed by atoms with van der Waals surface area (Å²) in [5.74, 6) is 3.75. The first-order valence-corrected chi connectivity index (χ1v) is 27.9. The fourth-order valence-corrected chi connectivity index (χ4v) is 11.5. The molecule has 1 aliphatic rings. The molecular formula is C50H86NO7PS2. The van der Waals surface area contributed by atoms with Crippen LogP contribution in [0.25, 0.3) is 0 Å². The minimum Gasteiger partial charge on any atom is -0.746 e. The zero-order chi connectivity index (χ0) is 44.0. The lowest BCUT2D eigenvalue weighted by atomic mass is 10.0. The van der Waals surface area contributed by atoms with Crippen LogP contribution in [-0.4, -0.2) is 73.2 Å². The Balaban J connectivity index is 1.46. The number of quaternary nitrogens is 1. The number of unbranched alkanes of at least 4 members (excludes halogenated alkanes) is 22. The fourth-order valence-electron chi connectivity index (χ4n) is 7.62. The third-order valence-corrected chi connectivity index (χ3v) is 15.7. The number of phosphoric ester groups is 1. The molecule has 2 unspecified atom stereocenters. The van der Waals surface area contributed by atoms with Crippen LogP contribution in [0.3, 0.4) is 0 Å². The van der Waals surface area contributed by atoms with Crippen molar-refractivity contribution in [1.29, 1.82) is 0 Å².